The molecule has 9 heteroatoms. The maximum atomic E-state index is 14.4. The highest BCUT2D eigenvalue weighted by molar-refractivity contribution is 6.30. The fraction of sp³-hybridized carbons (Fsp3) is 0.391. The monoisotopic (exact) mass is 456 g/mol. The molecule has 1 aromatic heterocycles. The third-order valence-electron chi connectivity index (χ3n) is 6.18. The van der Waals surface area contributed by atoms with Crippen LogP contribution in [0.5, 0.6) is 0 Å². The molecule has 2 aromatic rings. The van der Waals surface area contributed by atoms with Crippen LogP contribution in [0.25, 0.3) is 0 Å². The number of aliphatic hydroxyl groups is 1. The highest BCUT2D eigenvalue weighted by Crippen LogP contribution is 2.38. The Labute approximate surface area is 191 Å². The van der Waals surface area contributed by atoms with Crippen molar-refractivity contribution in [2.75, 3.05) is 15.5 Å². The van der Waals surface area contributed by atoms with E-state index in [0.717, 1.165) is 42.9 Å². The zero-order chi connectivity index (χ0) is 22.1. The normalized spacial score (nSPS) is 27.0. The van der Waals surface area contributed by atoms with Crippen LogP contribution in [0, 0.1) is 0 Å². The molecule has 0 radical (unpaired) electrons. The lowest BCUT2D eigenvalue weighted by atomic mass is 9.92. The Balaban J connectivity index is 1.42. The minimum Gasteiger partial charge on any atom is -0.393 e. The van der Waals surface area contributed by atoms with E-state index in [0.29, 0.717) is 17.4 Å². The first-order valence-electron chi connectivity index (χ1n) is 11.0. The molecule has 0 spiro atoms. The first kappa shape index (κ1) is 21.2. The maximum Gasteiger partial charge on any atom is 0.229 e. The van der Waals surface area contributed by atoms with Gasteiger partial charge in [-0.15, -0.1) is 0 Å². The summed E-state index contributed by atoms with van der Waals surface area (Å²) in [6.45, 7) is 0. The first-order valence-corrected chi connectivity index (χ1v) is 11.4. The highest BCUT2D eigenvalue weighted by Gasteiger charge is 2.38. The molecule has 1 saturated carbocycles. The van der Waals surface area contributed by atoms with Crippen LogP contribution in [-0.2, 0) is 0 Å². The van der Waals surface area contributed by atoms with Crippen LogP contribution in [0.15, 0.2) is 54.5 Å². The minimum atomic E-state index is -0.402. The first-order chi connectivity index (χ1) is 15.6. The number of rotatable bonds is 5. The third-order valence-corrected chi connectivity index (χ3v) is 6.41. The molecule has 1 aromatic carbocycles. The molecule has 2 heterocycles. The molecule has 7 nitrogen and oxygen atoms in total. The van der Waals surface area contributed by atoms with Gasteiger partial charge in [-0.1, -0.05) is 29.8 Å². The van der Waals surface area contributed by atoms with Crippen LogP contribution in [0.2, 0.25) is 5.02 Å². The number of hydrogen-bond acceptors (Lipinski definition) is 7. The number of fused-ring (bicyclic) bond motifs is 1. The molecule has 4 N–H and O–H groups in total. The molecule has 0 saturated heterocycles. The van der Waals surface area contributed by atoms with Crippen molar-refractivity contribution in [3.8, 4) is 0 Å². The summed E-state index contributed by atoms with van der Waals surface area (Å²) < 4.78 is 14.4. The number of allylic oxidation sites excluding steroid dienone is 2. The quantitative estimate of drug-likeness (QED) is 0.528. The van der Waals surface area contributed by atoms with E-state index in [1.54, 1.807) is 12.3 Å². The maximum absolute atomic E-state index is 14.4. The average Bonchev–Trinajstić information content (AvgIpc) is 3.13. The number of halogens is 2. The Morgan fingerprint density at radius 3 is 2.84 bits per heavy atom. The van der Waals surface area contributed by atoms with Crippen LogP contribution in [0.1, 0.15) is 32.1 Å². The number of nitrogens with zero attached hydrogens (tertiary/aromatic N) is 3. The number of nitrogens with one attached hydrogen (secondary N) is 3. The third kappa shape index (κ3) is 4.44. The van der Waals surface area contributed by atoms with Gasteiger partial charge in [0.15, 0.2) is 12.1 Å². The Bertz CT molecular complexity index is 1040. The zero-order valence-electron chi connectivity index (χ0n) is 17.5. The molecule has 0 amide bonds. The van der Waals surface area contributed by atoms with Gasteiger partial charge in [-0.25, -0.2) is 9.37 Å². The van der Waals surface area contributed by atoms with Gasteiger partial charge in [-0.2, -0.15) is 4.98 Å². The van der Waals surface area contributed by atoms with Crippen molar-refractivity contribution in [1.82, 2.24) is 15.3 Å². The van der Waals surface area contributed by atoms with Crippen molar-refractivity contribution < 1.29 is 9.50 Å². The van der Waals surface area contributed by atoms with E-state index in [1.807, 2.05) is 30.3 Å². The lowest BCUT2D eigenvalue weighted by Crippen LogP contribution is -2.56. The zero-order valence-corrected chi connectivity index (χ0v) is 18.3. The van der Waals surface area contributed by atoms with Gasteiger partial charge in [-0.05, 0) is 56.4 Å². The van der Waals surface area contributed by atoms with Crippen molar-refractivity contribution in [3.63, 3.8) is 0 Å². The molecule has 2 unspecified atom stereocenters. The topological polar surface area (TPSA) is 85.3 Å². The summed E-state index contributed by atoms with van der Waals surface area (Å²) in [6.07, 6.45) is 10.1. The molecule has 2 atom stereocenters. The van der Waals surface area contributed by atoms with Crippen molar-refractivity contribution >= 4 is 34.7 Å². The van der Waals surface area contributed by atoms with Crippen molar-refractivity contribution in [3.05, 3.63) is 59.5 Å². The predicted octanol–water partition coefficient (Wildman–Crippen LogP) is 4.46. The highest BCUT2D eigenvalue weighted by atomic mass is 35.5. The fourth-order valence-corrected chi connectivity index (χ4v) is 4.74. The van der Waals surface area contributed by atoms with Gasteiger partial charge in [0.1, 0.15) is 5.83 Å². The predicted molar refractivity (Wildman–Crippen MR) is 125 cm³/mol. The second-order valence-corrected chi connectivity index (χ2v) is 8.85. The molecule has 1 fully saturated rings. The van der Waals surface area contributed by atoms with E-state index in [2.05, 4.69) is 25.8 Å². The Kier molecular flexibility index (Phi) is 5.99. The fourth-order valence-electron chi connectivity index (χ4n) is 4.55. The largest absolute Gasteiger partial charge is 0.393 e. The van der Waals surface area contributed by atoms with E-state index < -0.39 is 6.04 Å². The number of aliphatic hydroxyl groups excluding tert-OH is 1. The number of aromatic nitrogens is 2. The summed E-state index contributed by atoms with van der Waals surface area (Å²) in [5.41, 5.74) is 1.59. The van der Waals surface area contributed by atoms with Crippen LogP contribution in [0.4, 0.5) is 27.5 Å². The van der Waals surface area contributed by atoms with E-state index in [4.69, 9.17) is 16.6 Å². The van der Waals surface area contributed by atoms with Crippen molar-refractivity contribution in [1.29, 1.82) is 0 Å². The number of benzene rings is 1. The summed E-state index contributed by atoms with van der Waals surface area (Å²) in [4.78, 5) is 11.4. The van der Waals surface area contributed by atoms with Crippen molar-refractivity contribution in [2.24, 2.45) is 0 Å². The molecule has 2 aliphatic carbocycles. The smallest absolute Gasteiger partial charge is 0.229 e. The lowest BCUT2D eigenvalue weighted by Gasteiger charge is -2.39. The van der Waals surface area contributed by atoms with Crippen LogP contribution >= 0.6 is 11.6 Å². The van der Waals surface area contributed by atoms with E-state index in [9.17, 15) is 9.50 Å². The molecule has 5 rings (SSSR count). The Morgan fingerprint density at radius 2 is 2.06 bits per heavy atom. The molecule has 1 aliphatic heterocycles. The molecular weight excluding hydrogens is 431 g/mol. The van der Waals surface area contributed by atoms with E-state index >= 15 is 0 Å². The van der Waals surface area contributed by atoms with Gasteiger partial charge in [0, 0.05) is 16.8 Å². The molecule has 3 aliphatic rings. The summed E-state index contributed by atoms with van der Waals surface area (Å²) in [7, 11) is 0. The molecule has 168 valence electrons. The van der Waals surface area contributed by atoms with Gasteiger partial charge in [0.2, 0.25) is 5.95 Å². The average molecular weight is 457 g/mol. The standard InChI is InChI=1S/C23H26ClFN6O/c24-14-4-3-5-15(12-14)27-22-26-13-20-21(30-22)31(16-8-10-17(32)11-9-16)23(29-20)28-19-7-2-1-6-18(19)25/h1-6,12-13,16-17,19,23,28-29,32H,7-11H2,(H,26,27,30). The van der Waals surface area contributed by atoms with Crippen molar-refractivity contribution in [2.45, 2.75) is 56.6 Å². The summed E-state index contributed by atoms with van der Waals surface area (Å²) in [5.74, 6) is 1.04. The molecule has 32 heavy (non-hydrogen) atoms. The van der Waals surface area contributed by atoms with E-state index in [-0.39, 0.29) is 24.3 Å². The summed E-state index contributed by atoms with van der Waals surface area (Å²) in [6, 6.07) is 7.15. The molecule has 0 bridgehead atoms. The summed E-state index contributed by atoms with van der Waals surface area (Å²) in [5, 5.41) is 20.7. The molecular formula is C23H26ClFN6O. The SMILES string of the molecule is OC1CCC(N2c3nc(Nc4cccc(Cl)c4)ncc3NC2NC2CC=CC=C2F)CC1. The van der Waals surface area contributed by atoms with Gasteiger partial charge in [0.25, 0.3) is 0 Å². The van der Waals surface area contributed by atoms with Gasteiger partial charge >= 0.3 is 0 Å². The van der Waals surface area contributed by atoms with E-state index in [1.165, 1.54) is 6.08 Å². The number of hydrogen-bond donors (Lipinski definition) is 4. The lowest BCUT2D eigenvalue weighted by molar-refractivity contribution is 0.120. The summed E-state index contributed by atoms with van der Waals surface area (Å²) >= 11 is 6.10. The Morgan fingerprint density at radius 1 is 1.22 bits per heavy atom. The van der Waals surface area contributed by atoms with Gasteiger partial charge < -0.3 is 20.6 Å². The van der Waals surface area contributed by atoms with Crippen LogP contribution in [-0.4, -0.2) is 39.6 Å². The minimum absolute atomic E-state index is 0.171. The second kappa shape index (κ2) is 9.05. The number of anilines is 4. The van der Waals surface area contributed by atoms with Gasteiger partial charge in [0.05, 0.1) is 24.0 Å². The Hall–Kier alpha value is -2.68. The van der Waals surface area contributed by atoms with Crippen LogP contribution in [0.3, 0.4) is 0 Å². The van der Waals surface area contributed by atoms with Gasteiger partial charge in [-0.3, -0.25) is 5.32 Å². The van der Waals surface area contributed by atoms with Crippen LogP contribution < -0.4 is 20.9 Å². The second-order valence-electron chi connectivity index (χ2n) is 8.42.